The molecule has 0 aliphatic heterocycles. The van der Waals surface area contributed by atoms with Crippen molar-refractivity contribution >= 4 is 5.91 Å². The van der Waals surface area contributed by atoms with Gasteiger partial charge in [0.15, 0.2) is 0 Å². The van der Waals surface area contributed by atoms with Crippen LogP contribution in [0.15, 0.2) is 18.2 Å². The Hall–Kier alpha value is -1.62. The van der Waals surface area contributed by atoms with Gasteiger partial charge in [0.1, 0.15) is 11.6 Å². The van der Waals surface area contributed by atoms with Crippen LogP contribution in [0.1, 0.15) is 32.4 Å². The lowest BCUT2D eigenvalue weighted by Gasteiger charge is -2.20. The minimum atomic E-state index is -1.02. The first-order chi connectivity index (χ1) is 8.75. The van der Waals surface area contributed by atoms with Crippen molar-refractivity contribution in [2.45, 2.75) is 26.9 Å². The smallest absolute Gasteiger partial charge is 0.225 e. The number of rotatable bonds is 4. The van der Waals surface area contributed by atoms with Crippen LogP contribution >= 0.6 is 0 Å². The maximum absolute atomic E-state index is 13.2. The SMILES string of the molecule is COc1ccc(F)cc1C(O)CNC(=O)C(C)(C)C. The highest BCUT2D eigenvalue weighted by atomic mass is 19.1. The predicted octanol–water partition coefficient (Wildman–Crippen LogP) is 2.03. The lowest BCUT2D eigenvalue weighted by molar-refractivity contribution is -0.129. The van der Waals surface area contributed by atoms with Crippen LogP contribution < -0.4 is 10.1 Å². The zero-order valence-electron chi connectivity index (χ0n) is 11.7. The Balaban J connectivity index is 2.76. The highest BCUT2D eigenvalue weighted by Crippen LogP contribution is 2.25. The van der Waals surface area contributed by atoms with Gasteiger partial charge in [-0.05, 0) is 18.2 Å². The van der Waals surface area contributed by atoms with Crippen LogP contribution in [0.3, 0.4) is 0 Å². The first-order valence-electron chi connectivity index (χ1n) is 6.05. The van der Waals surface area contributed by atoms with E-state index in [1.54, 1.807) is 20.8 Å². The average molecular weight is 269 g/mol. The Labute approximate surface area is 112 Å². The fourth-order valence-corrected chi connectivity index (χ4v) is 1.53. The highest BCUT2D eigenvalue weighted by Gasteiger charge is 2.22. The molecule has 106 valence electrons. The second-order valence-corrected chi connectivity index (χ2v) is 5.36. The largest absolute Gasteiger partial charge is 0.496 e. The number of amides is 1. The lowest BCUT2D eigenvalue weighted by atomic mass is 9.95. The van der Waals surface area contributed by atoms with Gasteiger partial charge in [0.05, 0.1) is 13.2 Å². The average Bonchev–Trinajstić information content (AvgIpc) is 2.34. The van der Waals surface area contributed by atoms with Crippen molar-refractivity contribution in [1.82, 2.24) is 5.32 Å². The molecule has 0 heterocycles. The molecule has 1 amide bonds. The Bertz CT molecular complexity index is 454. The van der Waals surface area contributed by atoms with Crippen LogP contribution in [0.4, 0.5) is 4.39 Å². The van der Waals surface area contributed by atoms with Gasteiger partial charge in [-0.25, -0.2) is 4.39 Å². The van der Waals surface area contributed by atoms with Crippen molar-refractivity contribution < 1.29 is 19.0 Å². The summed E-state index contributed by atoms with van der Waals surface area (Å²) in [6.07, 6.45) is -1.02. The van der Waals surface area contributed by atoms with E-state index >= 15 is 0 Å². The molecule has 1 aromatic rings. The summed E-state index contributed by atoms with van der Waals surface area (Å²) in [4.78, 5) is 11.7. The van der Waals surface area contributed by atoms with E-state index in [9.17, 15) is 14.3 Å². The van der Waals surface area contributed by atoms with Gasteiger partial charge in [-0.2, -0.15) is 0 Å². The number of carbonyl (C=O) groups is 1. The van der Waals surface area contributed by atoms with E-state index in [2.05, 4.69) is 5.32 Å². The van der Waals surface area contributed by atoms with Gasteiger partial charge in [-0.1, -0.05) is 20.8 Å². The van der Waals surface area contributed by atoms with Gasteiger partial charge in [0, 0.05) is 17.5 Å². The molecule has 5 heteroatoms. The number of methoxy groups -OCH3 is 1. The molecular formula is C14H20FNO3. The molecule has 0 saturated carbocycles. The number of aliphatic hydroxyl groups excluding tert-OH is 1. The maximum Gasteiger partial charge on any atom is 0.225 e. The van der Waals surface area contributed by atoms with Crippen LogP contribution in [0, 0.1) is 11.2 Å². The number of carbonyl (C=O) groups excluding carboxylic acids is 1. The fraction of sp³-hybridized carbons (Fsp3) is 0.500. The third kappa shape index (κ3) is 4.21. The van der Waals surface area contributed by atoms with Crippen molar-refractivity contribution in [1.29, 1.82) is 0 Å². The van der Waals surface area contributed by atoms with Crippen LogP contribution in [0.25, 0.3) is 0 Å². The molecule has 19 heavy (non-hydrogen) atoms. The molecular weight excluding hydrogens is 249 g/mol. The van der Waals surface area contributed by atoms with Crippen LogP contribution in [0.5, 0.6) is 5.75 Å². The number of aliphatic hydroxyl groups is 1. The summed E-state index contributed by atoms with van der Waals surface area (Å²) >= 11 is 0. The van der Waals surface area contributed by atoms with Crippen molar-refractivity contribution in [3.63, 3.8) is 0 Å². The molecule has 1 unspecified atom stereocenters. The fourth-order valence-electron chi connectivity index (χ4n) is 1.53. The Morgan fingerprint density at radius 3 is 2.63 bits per heavy atom. The summed E-state index contributed by atoms with van der Waals surface area (Å²) in [6.45, 7) is 5.34. The molecule has 0 fully saturated rings. The van der Waals surface area contributed by atoms with E-state index < -0.39 is 17.3 Å². The zero-order chi connectivity index (χ0) is 14.6. The number of ether oxygens (including phenoxy) is 1. The normalized spacial score (nSPS) is 12.9. The third-order valence-electron chi connectivity index (χ3n) is 2.69. The van der Waals surface area contributed by atoms with Crippen LogP contribution in [-0.4, -0.2) is 24.7 Å². The predicted molar refractivity (Wildman–Crippen MR) is 70.4 cm³/mol. The quantitative estimate of drug-likeness (QED) is 0.879. The Morgan fingerprint density at radius 1 is 1.47 bits per heavy atom. The van der Waals surface area contributed by atoms with Crippen LogP contribution in [-0.2, 0) is 4.79 Å². The van der Waals surface area contributed by atoms with E-state index in [0.29, 0.717) is 11.3 Å². The number of nitrogens with one attached hydrogen (secondary N) is 1. The molecule has 0 aliphatic rings. The minimum absolute atomic E-state index is 0.00984. The topological polar surface area (TPSA) is 58.6 Å². The summed E-state index contributed by atoms with van der Waals surface area (Å²) in [7, 11) is 1.44. The van der Waals surface area contributed by atoms with E-state index in [1.165, 1.54) is 25.3 Å². The summed E-state index contributed by atoms with van der Waals surface area (Å²) < 4.78 is 18.2. The number of hydrogen-bond donors (Lipinski definition) is 2. The second-order valence-electron chi connectivity index (χ2n) is 5.36. The molecule has 0 radical (unpaired) electrons. The second kappa shape index (κ2) is 6.02. The van der Waals surface area contributed by atoms with Crippen molar-refractivity contribution in [2.24, 2.45) is 5.41 Å². The molecule has 0 saturated heterocycles. The van der Waals surface area contributed by atoms with Gasteiger partial charge in [-0.15, -0.1) is 0 Å². The first kappa shape index (κ1) is 15.4. The molecule has 0 aliphatic carbocycles. The molecule has 4 nitrogen and oxygen atoms in total. The first-order valence-corrected chi connectivity index (χ1v) is 6.05. The van der Waals surface area contributed by atoms with Gasteiger partial charge in [0.25, 0.3) is 0 Å². The van der Waals surface area contributed by atoms with E-state index in [1.807, 2.05) is 0 Å². The zero-order valence-corrected chi connectivity index (χ0v) is 11.7. The molecule has 1 aromatic carbocycles. The summed E-state index contributed by atoms with van der Waals surface area (Å²) in [5.74, 6) is -0.252. The minimum Gasteiger partial charge on any atom is -0.496 e. The van der Waals surface area contributed by atoms with Gasteiger partial charge in [0.2, 0.25) is 5.91 Å². The summed E-state index contributed by atoms with van der Waals surface area (Å²) in [5, 5.41) is 12.6. The molecule has 1 atom stereocenters. The number of hydrogen-bond acceptors (Lipinski definition) is 3. The molecule has 0 bridgehead atoms. The lowest BCUT2D eigenvalue weighted by Crippen LogP contribution is -2.37. The summed E-state index contributed by atoms with van der Waals surface area (Å²) in [5.41, 5.74) is -0.220. The van der Waals surface area contributed by atoms with Crippen LogP contribution in [0.2, 0.25) is 0 Å². The van der Waals surface area contributed by atoms with E-state index in [4.69, 9.17) is 4.74 Å². The summed E-state index contributed by atoms with van der Waals surface area (Å²) in [6, 6.07) is 3.90. The van der Waals surface area contributed by atoms with E-state index in [0.717, 1.165) is 0 Å². The monoisotopic (exact) mass is 269 g/mol. The van der Waals surface area contributed by atoms with Crippen molar-refractivity contribution in [3.05, 3.63) is 29.6 Å². The molecule has 2 N–H and O–H groups in total. The number of benzene rings is 1. The van der Waals surface area contributed by atoms with Gasteiger partial charge in [-0.3, -0.25) is 4.79 Å². The van der Waals surface area contributed by atoms with E-state index in [-0.39, 0.29) is 12.5 Å². The number of halogens is 1. The molecule has 1 rings (SSSR count). The standard InChI is InChI=1S/C14H20FNO3/c1-14(2,3)13(18)16-8-11(17)10-7-9(15)5-6-12(10)19-4/h5-7,11,17H,8H2,1-4H3,(H,16,18). The molecule has 0 spiro atoms. The highest BCUT2D eigenvalue weighted by molar-refractivity contribution is 5.81. The van der Waals surface area contributed by atoms with Crippen molar-refractivity contribution in [2.75, 3.05) is 13.7 Å². The van der Waals surface area contributed by atoms with Gasteiger partial charge >= 0.3 is 0 Å². The maximum atomic E-state index is 13.2. The third-order valence-corrected chi connectivity index (χ3v) is 2.69. The van der Waals surface area contributed by atoms with Gasteiger partial charge < -0.3 is 15.2 Å². The Kier molecular flexibility index (Phi) is 4.89. The van der Waals surface area contributed by atoms with Crippen molar-refractivity contribution in [3.8, 4) is 5.75 Å². The molecule has 0 aromatic heterocycles. The Morgan fingerprint density at radius 2 is 2.11 bits per heavy atom.